The highest BCUT2D eigenvalue weighted by molar-refractivity contribution is 6.06. The number of nitrogens with zero attached hydrogens (tertiary/aromatic N) is 2. The SMILES string of the molecule is COc1ccc(C(=O)c2ncc(CO)n2C)cc1. The Balaban J connectivity index is 2.32. The van der Waals surface area contributed by atoms with Gasteiger partial charge in [-0.1, -0.05) is 0 Å². The van der Waals surface area contributed by atoms with E-state index in [0.29, 0.717) is 22.8 Å². The second kappa shape index (κ2) is 5.01. The third-order valence-electron chi connectivity index (χ3n) is 2.80. The van der Waals surface area contributed by atoms with Gasteiger partial charge in [0.15, 0.2) is 5.82 Å². The van der Waals surface area contributed by atoms with Crippen LogP contribution in [0, 0.1) is 0 Å². The molecule has 94 valence electrons. The average Bonchev–Trinajstić information content (AvgIpc) is 2.79. The molecule has 18 heavy (non-hydrogen) atoms. The molecule has 0 spiro atoms. The predicted octanol–water partition coefficient (Wildman–Crippen LogP) is 1.15. The molecule has 1 heterocycles. The van der Waals surface area contributed by atoms with E-state index in [1.54, 1.807) is 43.0 Å². The number of aliphatic hydroxyl groups excluding tert-OH is 1. The molecule has 0 atom stereocenters. The van der Waals surface area contributed by atoms with Crippen molar-refractivity contribution < 1.29 is 14.6 Å². The summed E-state index contributed by atoms with van der Waals surface area (Å²) in [6.45, 7) is -0.139. The van der Waals surface area contributed by atoms with Gasteiger partial charge in [0.25, 0.3) is 0 Å². The Morgan fingerprint density at radius 3 is 2.56 bits per heavy atom. The Hall–Kier alpha value is -2.14. The van der Waals surface area contributed by atoms with E-state index in [9.17, 15) is 4.79 Å². The number of hydrogen-bond acceptors (Lipinski definition) is 4. The third kappa shape index (κ3) is 2.12. The largest absolute Gasteiger partial charge is 0.497 e. The van der Waals surface area contributed by atoms with Crippen LogP contribution in [0.25, 0.3) is 0 Å². The highest BCUT2D eigenvalue weighted by Crippen LogP contribution is 2.15. The van der Waals surface area contributed by atoms with Crippen molar-refractivity contribution in [2.75, 3.05) is 7.11 Å². The number of ether oxygens (including phenoxy) is 1. The molecule has 1 aromatic heterocycles. The Morgan fingerprint density at radius 2 is 2.06 bits per heavy atom. The minimum atomic E-state index is -0.181. The minimum absolute atomic E-state index is 0.139. The maximum Gasteiger partial charge on any atom is 0.228 e. The van der Waals surface area contributed by atoms with Crippen molar-refractivity contribution in [3.63, 3.8) is 0 Å². The number of carbonyl (C=O) groups excluding carboxylic acids is 1. The zero-order valence-corrected chi connectivity index (χ0v) is 10.3. The van der Waals surface area contributed by atoms with E-state index < -0.39 is 0 Å². The highest BCUT2D eigenvalue weighted by atomic mass is 16.5. The van der Waals surface area contributed by atoms with Gasteiger partial charge in [0.1, 0.15) is 5.75 Å². The number of carbonyl (C=O) groups is 1. The minimum Gasteiger partial charge on any atom is -0.497 e. The Kier molecular flexibility index (Phi) is 3.43. The fraction of sp³-hybridized carbons (Fsp3) is 0.231. The zero-order chi connectivity index (χ0) is 13.1. The van der Waals surface area contributed by atoms with E-state index in [1.165, 1.54) is 6.20 Å². The Bertz CT molecular complexity index is 558. The van der Waals surface area contributed by atoms with Crippen molar-refractivity contribution in [1.29, 1.82) is 0 Å². The van der Waals surface area contributed by atoms with Gasteiger partial charge in [-0.2, -0.15) is 0 Å². The second-order valence-electron chi connectivity index (χ2n) is 3.85. The van der Waals surface area contributed by atoms with Gasteiger partial charge in [-0.15, -0.1) is 0 Å². The third-order valence-corrected chi connectivity index (χ3v) is 2.80. The summed E-state index contributed by atoms with van der Waals surface area (Å²) >= 11 is 0. The van der Waals surface area contributed by atoms with E-state index in [0.717, 1.165) is 0 Å². The molecule has 2 aromatic rings. The molecule has 0 saturated carbocycles. The van der Waals surface area contributed by atoms with Crippen LogP contribution in [-0.2, 0) is 13.7 Å². The summed E-state index contributed by atoms with van der Waals surface area (Å²) in [5.41, 5.74) is 1.14. The molecule has 0 unspecified atom stereocenters. The van der Waals surface area contributed by atoms with Crippen molar-refractivity contribution in [3.05, 3.63) is 47.5 Å². The van der Waals surface area contributed by atoms with Crippen LogP contribution < -0.4 is 4.74 Å². The summed E-state index contributed by atoms with van der Waals surface area (Å²) in [6, 6.07) is 6.83. The normalized spacial score (nSPS) is 10.4. The van der Waals surface area contributed by atoms with Crippen molar-refractivity contribution >= 4 is 5.78 Å². The molecule has 2 rings (SSSR count). The van der Waals surface area contributed by atoms with Crippen molar-refractivity contribution in [3.8, 4) is 5.75 Å². The number of ketones is 1. The van der Waals surface area contributed by atoms with Crippen LogP contribution in [0.3, 0.4) is 0 Å². The van der Waals surface area contributed by atoms with Crippen molar-refractivity contribution in [1.82, 2.24) is 9.55 Å². The van der Waals surface area contributed by atoms with Crippen molar-refractivity contribution in [2.45, 2.75) is 6.61 Å². The molecule has 0 radical (unpaired) electrons. The standard InChI is InChI=1S/C13H14N2O3/c1-15-10(8-16)7-14-13(15)12(17)9-3-5-11(18-2)6-4-9/h3-7,16H,8H2,1-2H3. The molecular weight excluding hydrogens is 232 g/mol. The lowest BCUT2D eigenvalue weighted by Crippen LogP contribution is -2.10. The molecule has 0 amide bonds. The summed E-state index contributed by atoms with van der Waals surface area (Å²) in [5, 5.41) is 9.06. The van der Waals surface area contributed by atoms with Gasteiger partial charge in [-0.25, -0.2) is 4.98 Å². The number of methoxy groups -OCH3 is 1. The van der Waals surface area contributed by atoms with Crippen LogP contribution in [-0.4, -0.2) is 27.6 Å². The topological polar surface area (TPSA) is 64.3 Å². The maximum absolute atomic E-state index is 12.2. The Labute approximate surface area is 105 Å². The lowest BCUT2D eigenvalue weighted by molar-refractivity contribution is 0.102. The van der Waals surface area contributed by atoms with Gasteiger partial charge in [-0.05, 0) is 24.3 Å². The highest BCUT2D eigenvalue weighted by Gasteiger charge is 2.16. The van der Waals surface area contributed by atoms with Gasteiger partial charge in [0, 0.05) is 12.6 Å². The maximum atomic E-state index is 12.2. The van der Waals surface area contributed by atoms with Gasteiger partial charge >= 0.3 is 0 Å². The second-order valence-corrected chi connectivity index (χ2v) is 3.85. The molecule has 0 aliphatic heterocycles. The first-order valence-electron chi connectivity index (χ1n) is 5.47. The van der Waals surface area contributed by atoms with E-state index in [4.69, 9.17) is 9.84 Å². The molecule has 5 nitrogen and oxygen atoms in total. The zero-order valence-electron chi connectivity index (χ0n) is 10.3. The number of imidazole rings is 1. The summed E-state index contributed by atoms with van der Waals surface area (Å²) in [4.78, 5) is 16.2. The van der Waals surface area contributed by atoms with Crippen LogP contribution in [0.4, 0.5) is 0 Å². The van der Waals surface area contributed by atoms with E-state index >= 15 is 0 Å². The molecule has 0 aliphatic rings. The van der Waals surface area contributed by atoms with Gasteiger partial charge < -0.3 is 14.4 Å². The number of rotatable bonds is 4. The number of aliphatic hydroxyl groups is 1. The first-order valence-corrected chi connectivity index (χ1v) is 5.47. The average molecular weight is 246 g/mol. The molecule has 1 N–H and O–H groups in total. The Morgan fingerprint density at radius 1 is 1.39 bits per heavy atom. The molecular formula is C13H14N2O3. The quantitative estimate of drug-likeness (QED) is 0.822. The fourth-order valence-corrected chi connectivity index (χ4v) is 1.67. The lowest BCUT2D eigenvalue weighted by Gasteiger charge is -2.04. The molecule has 0 bridgehead atoms. The number of benzene rings is 1. The van der Waals surface area contributed by atoms with Crippen LogP contribution >= 0.6 is 0 Å². The van der Waals surface area contributed by atoms with Gasteiger partial charge in [0.2, 0.25) is 5.78 Å². The van der Waals surface area contributed by atoms with Gasteiger partial charge in [0.05, 0.1) is 25.6 Å². The van der Waals surface area contributed by atoms with E-state index in [2.05, 4.69) is 4.98 Å². The molecule has 0 aliphatic carbocycles. The monoisotopic (exact) mass is 246 g/mol. The summed E-state index contributed by atoms with van der Waals surface area (Å²) < 4.78 is 6.62. The predicted molar refractivity (Wildman–Crippen MR) is 65.6 cm³/mol. The fourth-order valence-electron chi connectivity index (χ4n) is 1.67. The number of hydrogen-bond donors (Lipinski definition) is 1. The summed E-state index contributed by atoms with van der Waals surface area (Å²) in [6.07, 6.45) is 1.50. The van der Waals surface area contributed by atoms with Gasteiger partial charge in [-0.3, -0.25) is 4.79 Å². The van der Waals surface area contributed by atoms with Crippen LogP contribution in [0.15, 0.2) is 30.5 Å². The van der Waals surface area contributed by atoms with E-state index in [-0.39, 0.29) is 12.4 Å². The molecule has 0 fully saturated rings. The van der Waals surface area contributed by atoms with Crippen molar-refractivity contribution in [2.24, 2.45) is 7.05 Å². The van der Waals surface area contributed by atoms with E-state index in [1.807, 2.05) is 0 Å². The first kappa shape index (κ1) is 12.3. The molecule has 1 aromatic carbocycles. The molecule has 5 heteroatoms. The smallest absolute Gasteiger partial charge is 0.228 e. The van der Waals surface area contributed by atoms with Crippen LogP contribution in [0.2, 0.25) is 0 Å². The summed E-state index contributed by atoms with van der Waals surface area (Å²) in [5.74, 6) is 0.825. The number of aromatic nitrogens is 2. The van der Waals surface area contributed by atoms with Crippen LogP contribution in [0.5, 0.6) is 5.75 Å². The first-order chi connectivity index (χ1) is 8.67. The summed E-state index contributed by atoms with van der Waals surface area (Å²) in [7, 11) is 3.28. The lowest BCUT2D eigenvalue weighted by atomic mass is 10.1. The van der Waals surface area contributed by atoms with Crippen LogP contribution in [0.1, 0.15) is 21.9 Å². The molecule has 0 saturated heterocycles.